The Morgan fingerprint density at radius 3 is 2.51 bits per heavy atom. The smallest absolute Gasteiger partial charge is 0.410 e. The van der Waals surface area contributed by atoms with Crippen LogP contribution in [-0.2, 0) is 20.9 Å². The Balaban J connectivity index is 1.23. The normalized spacial score (nSPS) is 17.1. The number of hydrazone groups is 1. The summed E-state index contributed by atoms with van der Waals surface area (Å²) in [7, 11) is 0. The third-order valence-electron chi connectivity index (χ3n) is 6.48. The molecule has 2 aliphatic rings. The average molecular weight is 497 g/mol. The predicted octanol–water partition coefficient (Wildman–Crippen LogP) is 5.21. The molecule has 3 amide bonds. The predicted molar refractivity (Wildman–Crippen MR) is 142 cm³/mol. The van der Waals surface area contributed by atoms with Crippen LogP contribution in [0.5, 0.6) is 0 Å². The van der Waals surface area contributed by atoms with Crippen LogP contribution in [-0.4, -0.2) is 41.1 Å². The first-order valence-corrected chi connectivity index (χ1v) is 12.3. The maximum atomic E-state index is 13.1. The maximum absolute atomic E-state index is 13.1. The number of nitrogens with one attached hydrogen (secondary N) is 1. The van der Waals surface area contributed by atoms with Gasteiger partial charge >= 0.3 is 6.09 Å². The standard InChI is InChI=1S/C29H28N4O4/c1-20-17-27(34)33(31-20)25-14-12-22(13-15-25)23-9-5-10-24(18-23)30-28(35)26-11-6-16-32(26)29(36)37-19-21-7-3-2-4-8-21/h2-5,7-10,12-15,18,26H,6,11,16-17,19H2,1H3,(H,30,35). The minimum atomic E-state index is -0.576. The van der Waals surface area contributed by atoms with Gasteiger partial charge in [-0.05, 0) is 60.7 Å². The quantitative estimate of drug-likeness (QED) is 0.507. The highest BCUT2D eigenvalue weighted by atomic mass is 16.6. The van der Waals surface area contributed by atoms with Crippen molar-refractivity contribution in [2.75, 3.05) is 16.9 Å². The van der Waals surface area contributed by atoms with Crippen molar-refractivity contribution in [3.63, 3.8) is 0 Å². The summed E-state index contributed by atoms with van der Waals surface area (Å²) in [6.45, 7) is 2.49. The van der Waals surface area contributed by atoms with Crippen molar-refractivity contribution in [3.8, 4) is 11.1 Å². The van der Waals surface area contributed by atoms with Crippen LogP contribution >= 0.6 is 0 Å². The molecule has 3 aromatic rings. The van der Waals surface area contributed by atoms with Gasteiger partial charge in [0.2, 0.25) is 5.91 Å². The highest BCUT2D eigenvalue weighted by molar-refractivity contribution is 6.12. The first-order chi connectivity index (χ1) is 18.0. The zero-order valence-electron chi connectivity index (χ0n) is 20.6. The van der Waals surface area contributed by atoms with E-state index in [4.69, 9.17) is 4.74 Å². The van der Waals surface area contributed by atoms with Crippen molar-refractivity contribution in [2.45, 2.75) is 38.8 Å². The van der Waals surface area contributed by atoms with Crippen LogP contribution in [0.25, 0.3) is 11.1 Å². The molecule has 1 saturated heterocycles. The van der Waals surface area contributed by atoms with Gasteiger partial charge in [-0.2, -0.15) is 5.10 Å². The summed E-state index contributed by atoms with van der Waals surface area (Å²) in [6.07, 6.45) is 1.19. The average Bonchev–Trinajstić information content (AvgIpc) is 3.54. The first kappa shape index (κ1) is 24.2. The number of hydrogen-bond donors (Lipinski definition) is 1. The topological polar surface area (TPSA) is 91.3 Å². The highest BCUT2D eigenvalue weighted by Crippen LogP contribution is 2.28. The fourth-order valence-electron chi connectivity index (χ4n) is 4.61. The van der Waals surface area contributed by atoms with E-state index in [9.17, 15) is 14.4 Å². The van der Waals surface area contributed by atoms with Crippen molar-refractivity contribution in [2.24, 2.45) is 5.10 Å². The second-order valence-corrected chi connectivity index (χ2v) is 9.23. The van der Waals surface area contributed by atoms with Crippen LogP contribution in [0.1, 0.15) is 31.7 Å². The van der Waals surface area contributed by atoms with E-state index in [1.54, 1.807) is 0 Å². The molecule has 8 heteroatoms. The van der Waals surface area contributed by atoms with Crippen molar-refractivity contribution < 1.29 is 19.1 Å². The lowest BCUT2D eigenvalue weighted by atomic mass is 10.0. The fraction of sp³-hybridized carbons (Fsp3) is 0.241. The number of nitrogens with zero attached hydrogens (tertiary/aromatic N) is 3. The Morgan fingerprint density at radius 1 is 1.00 bits per heavy atom. The number of carbonyl (C=O) groups excluding carboxylic acids is 3. The van der Waals surface area contributed by atoms with Gasteiger partial charge < -0.3 is 10.1 Å². The van der Waals surface area contributed by atoms with Crippen LogP contribution in [0.3, 0.4) is 0 Å². The van der Waals surface area contributed by atoms with E-state index in [1.807, 2.05) is 85.8 Å². The molecule has 0 saturated carbocycles. The number of hydrogen-bond acceptors (Lipinski definition) is 5. The molecule has 2 aliphatic heterocycles. The van der Waals surface area contributed by atoms with Crippen LogP contribution in [0.15, 0.2) is 84.0 Å². The molecule has 1 fully saturated rings. The summed E-state index contributed by atoms with van der Waals surface area (Å²) in [6, 6.07) is 24.0. The van der Waals surface area contributed by atoms with Crippen LogP contribution in [0.4, 0.5) is 16.2 Å². The summed E-state index contributed by atoms with van der Waals surface area (Å²) in [5.41, 5.74) is 4.92. The van der Waals surface area contributed by atoms with Gasteiger partial charge in [0.05, 0.1) is 12.1 Å². The van der Waals surface area contributed by atoms with Crippen molar-refractivity contribution in [3.05, 3.63) is 84.4 Å². The summed E-state index contributed by atoms with van der Waals surface area (Å²) in [5, 5.41) is 8.67. The molecule has 188 valence electrons. The summed E-state index contributed by atoms with van der Waals surface area (Å²) < 4.78 is 5.45. The molecular formula is C29H28N4O4. The van der Waals surface area contributed by atoms with Crippen molar-refractivity contribution in [1.82, 2.24) is 4.90 Å². The van der Waals surface area contributed by atoms with Gasteiger partial charge in [-0.3, -0.25) is 14.5 Å². The Hall–Kier alpha value is -4.46. The SMILES string of the molecule is CC1=NN(c2ccc(-c3cccc(NC(=O)C4CCCN4C(=O)OCc4ccccc4)c3)cc2)C(=O)C1. The number of ether oxygens (including phenoxy) is 1. The number of rotatable bonds is 6. The zero-order valence-corrected chi connectivity index (χ0v) is 20.6. The number of likely N-dealkylation sites (tertiary alicyclic amines) is 1. The Morgan fingerprint density at radius 2 is 1.78 bits per heavy atom. The second kappa shape index (κ2) is 10.7. The van der Waals surface area contributed by atoms with E-state index < -0.39 is 12.1 Å². The van der Waals surface area contributed by atoms with Crippen LogP contribution in [0, 0.1) is 0 Å². The lowest BCUT2D eigenvalue weighted by molar-refractivity contribution is -0.120. The second-order valence-electron chi connectivity index (χ2n) is 9.23. The maximum Gasteiger partial charge on any atom is 0.410 e. The van der Waals surface area contributed by atoms with E-state index in [0.717, 1.165) is 34.5 Å². The van der Waals surface area contributed by atoms with E-state index in [0.29, 0.717) is 25.1 Å². The minimum absolute atomic E-state index is 0.0418. The van der Waals surface area contributed by atoms with E-state index in [2.05, 4.69) is 10.4 Å². The number of amides is 3. The molecule has 1 atom stereocenters. The van der Waals surface area contributed by atoms with Gasteiger partial charge in [0, 0.05) is 17.9 Å². The third kappa shape index (κ3) is 5.53. The monoisotopic (exact) mass is 496 g/mol. The molecule has 0 radical (unpaired) electrons. The highest BCUT2D eigenvalue weighted by Gasteiger charge is 2.35. The molecule has 0 aromatic heterocycles. The zero-order chi connectivity index (χ0) is 25.8. The number of carbonyl (C=O) groups is 3. The van der Waals surface area contributed by atoms with Gasteiger partial charge in [-0.1, -0.05) is 54.6 Å². The molecule has 37 heavy (non-hydrogen) atoms. The lowest BCUT2D eigenvalue weighted by Gasteiger charge is -2.23. The van der Waals surface area contributed by atoms with Gasteiger partial charge in [0.25, 0.3) is 5.91 Å². The molecule has 0 aliphatic carbocycles. The number of benzene rings is 3. The Bertz CT molecular complexity index is 1340. The minimum Gasteiger partial charge on any atom is -0.445 e. The molecule has 2 heterocycles. The lowest BCUT2D eigenvalue weighted by Crippen LogP contribution is -2.43. The number of anilines is 2. The van der Waals surface area contributed by atoms with E-state index in [1.165, 1.54) is 9.91 Å². The van der Waals surface area contributed by atoms with E-state index in [-0.39, 0.29) is 18.4 Å². The molecule has 0 bridgehead atoms. The first-order valence-electron chi connectivity index (χ1n) is 12.3. The van der Waals surface area contributed by atoms with Crippen LogP contribution < -0.4 is 10.3 Å². The van der Waals surface area contributed by atoms with Crippen molar-refractivity contribution in [1.29, 1.82) is 0 Å². The molecule has 1 N–H and O–H groups in total. The third-order valence-corrected chi connectivity index (χ3v) is 6.48. The Kier molecular flexibility index (Phi) is 6.98. The molecule has 0 spiro atoms. The molecule has 5 rings (SSSR count). The van der Waals surface area contributed by atoms with Gasteiger partial charge in [-0.15, -0.1) is 0 Å². The molecule has 3 aromatic carbocycles. The molecule has 1 unspecified atom stereocenters. The van der Waals surface area contributed by atoms with Gasteiger partial charge in [-0.25, -0.2) is 9.80 Å². The summed E-state index contributed by atoms with van der Waals surface area (Å²) in [5.74, 6) is -0.276. The Labute approximate surface area is 215 Å². The fourth-order valence-corrected chi connectivity index (χ4v) is 4.61. The van der Waals surface area contributed by atoms with Crippen molar-refractivity contribution >= 4 is 35.0 Å². The summed E-state index contributed by atoms with van der Waals surface area (Å²) in [4.78, 5) is 39.4. The molecular weight excluding hydrogens is 468 g/mol. The van der Waals surface area contributed by atoms with Crippen LogP contribution in [0.2, 0.25) is 0 Å². The summed E-state index contributed by atoms with van der Waals surface area (Å²) >= 11 is 0. The van der Waals surface area contributed by atoms with E-state index >= 15 is 0 Å². The van der Waals surface area contributed by atoms with Gasteiger partial charge in [0.1, 0.15) is 12.6 Å². The largest absolute Gasteiger partial charge is 0.445 e. The van der Waals surface area contributed by atoms with Gasteiger partial charge in [0.15, 0.2) is 0 Å². The molecule has 8 nitrogen and oxygen atoms in total.